The highest BCUT2D eigenvalue weighted by atomic mass is 35.5. The number of rotatable bonds is 1. The highest BCUT2D eigenvalue weighted by Crippen LogP contribution is 2.26. The van der Waals surface area contributed by atoms with Crippen LogP contribution in [0.5, 0.6) is 0 Å². The van der Waals surface area contributed by atoms with Crippen LogP contribution in [-0.2, 0) is 4.79 Å². The monoisotopic (exact) mass is 179 g/mol. The molecule has 1 heterocycles. The minimum atomic E-state index is -0.731. The van der Waals surface area contributed by atoms with Gasteiger partial charge in [0.05, 0.1) is 0 Å². The summed E-state index contributed by atoms with van der Waals surface area (Å²) in [5.74, 6) is -0.731. The van der Waals surface area contributed by atoms with Gasteiger partial charge in [0, 0.05) is 6.54 Å². The Hall–Kier alpha value is -0.280. The molecule has 1 aliphatic heterocycles. The third-order valence-electron chi connectivity index (χ3n) is 1.88. The van der Waals surface area contributed by atoms with E-state index in [1.54, 1.807) is 0 Å². The van der Waals surface area contributed by atoms with Crippen LogP contribution >= 0.6 is 12.4 Å². The van der Waals surface area contributed by atoms with Crippen molar-refractivity contribution in [3.8, 4) is 0 Å². The molecule has 1 fully saturated rings. The lowest BCUT2D eigenvalue weighted by atomic mass is 9.91. The summed E-state index contributed by atoms with van der Waals surface area (Å²) in [5.41, 5.74) is 0.156. The van der Waals surface area contributed by atoms with Gasteiger partial charge in [-0.2, -0.15) is 0 Å². The van der Waals surface area contributed by atoms with Crippen molar-refractivity contribution in [1.29, 1.82) is 0 Å². The topological polar surface area (TPSA) is 49.3 Å². The van der Waals surface area contributed by atoms with Crippen LogP contribution in [0.2, 0.25) is 0 Å². The molecule has 0 aromatic heterocycles. The standard InChI is InChI=1S/C7H13NO2.ClH/c1-7(2)3-5(6(9)10)8-4-7;/h5,8H,3-4H2,1-2H3,(H,9,10);1H/t5-;/m0./s1. The average molecular weight is 180 g/mol. The van der Waals surface area contributed by atoms with Gasteiger partial charge in [0.1, 0.15) is 6.04 Å². The maximum Gasteiger partial charge on any atom is 0.320 e. The largest absolute Gasteiger partial charge is 0.480 e. The Kier molecular flexibility index (Phi) is 3.32. The lowest BCUT2D eigenvalue weighted by Crippen LogP contribution is -2.29. The summed E-state index contributed by atoms with van der Waals surface area (Å²) < 4.78 is 0. The fourth-order valence-corrected chi connectivity index (χ4v) is 1.27. The molecule has 0 bridgehead atoms. The van der Waals surface area contributed by atoms with E-state index in [-0.39, 0.29) is 23.9 Å². The van der Waals surface area contributed by atoms with E-state index in [0.717, 1.165) is 13.0 Å². The van der Waals surface area contributed by atoms with Crippen LogP contribution in [0.4, 0.5) is 0 Å². The number of aliphatic carboxylic acids is 1. The molecule has 4 heteroatoms. The van der Waals surface area contributed by atoms with Crippen molar-refractivity contribution >= 4 is 18.4 Å². The molecule has 1 rings (SSSR count). The molecule has 1 atom stereocenters. The zero-order valence-corrected chi connectivity index (χ0v) is 7.57. The number of carboxylic acid groups (broad SMARTS) is 1. The van der Waals surface area contributed by atoms with Gasteiger partial charge in [-0.3, -0.25) is 4.79 Å². The number of carboxylic acids is 1. The summed E-state index contributed by atoms with van der Waals surface area (Å²) in [5, 5.41) is 11.5. The first kappa shape index (κ1) is 10.7. The van der Waals surface area contributed by atoms with Gasteiger partial charge in [0.25, 0.3) is 0 Å². The summed E-state index contributed by atoms with van der Waals surface area (Å²) in [6.07, 6.45) is 0.738. The zero-order chi connectivity index (χ0) is 7.78. The molecular formula is C7H14ClNO2. The molecule has 11 heavy (non-hydrogen) atoms. The Balaban J connectivity index is 0.000001000. The Labute approximate surface area is 72.6 Å². The lowest BCUT2D eigenvalue weighted by molar-refractivity contribution is -0.139. The molecule has 0 aliphatic carbocycles. The van der Waals surface area contributed by atoms with E-state index >= 15 is 0 Å². The first-order valence-electron chi connectivity index (χ1n) is 3.47. The van der Waals surface area contributed by atoms with Crippen LogP contribution in [0.3, 0.4) is 0 Å². The number of carbonyl (C=O) groups is 1. The van der Waals surface area contributed by atoms with Crippen LogP contribution in [-0.4, -0.2) is 23.7 Å². The first-order chi connectivity index (χ1) is 4.51. The Morgan fingerprint density at radius 3 is 2.36 bits per heavy atom. The van der Waals surface area contributed by atoms with Crippen molar-refractivity contribution in [2.75, 3.05) is 6.54 Å². The fourth-order valence-electron chi connectivity index (χ4n) is 1.27. The predicted molar refractivity (Wildman–Crippen MR) is 45.1 cm³/mol. The molecule has 0 amide bonds. The van der Waals surface area contributed by atoms with Crippen LogP contribution in [0.1, 0.15) is 20.3 Å². The number of halogens is 1. The zero-order valence-electron chi connectivity index (χ0n) is 6.76. The molecule has 3 nitrogen and oxygen atoms in total. The molecule has 0 unspecified atom stereocenters. The third-order valence-corrected chi connectivity index (χ3v) is 1.88. The molecule has 1 saturated heterocycles. The second-order valence-corrected chi connectivity index (χ2v) is 3.64. The predicted octanol–water partition coefficient (Wildman–Crippen LogP) is 0.881. The molecule has 1 aliphatic rings. The van der Waals surface area contributed by atoms with Crippen molar-refractivity contribution in [3.63, 3.8) is 0 Å². The van der Waals surface area contributed by atoms with Crippen LogP contribution in [0.25, 0.3) is 0 Å². The summed E-state index contributed by atoms with van der Waals surface area (Å²) in [7, 11) is 0. The van der Waals surface area contributed by atoms with Crippen molar-refractivity contribution in [2.24, 2.45) is 5.41 Å². The van der Waals surface area contributed by atoms with E-state index in [0.29, 0.717) is 0 Å². The maximum atomic E-state index is 10.4. The molecule has 0 radical (unpaired) electrons. The van der Waals surface area contributed by atoms with Crippen LogP contribution in [0, 0.1) is 5.41 Å². The van der Waals surface area contributed by atoms with E-state index in [1.807, 2.05) is 0 Å². The first-order valence-corrected chi connectivity index (χ1v) is 3.47. The van der Waals surface area contributed by atoms with E-state index in [2.05, 4.69) is 19.2 Å². The van der Waals surface area contributed by atoms with Gasteiger partial charge in [0.15, 0.2) is 0 Å². The number of hydrogen-bond donors (Lipinski definition) is 2. The Bertz CT molecular complexity index is 159. The van der Waals surface area contributed by atoms with Gasteiger partial charge >= 0.3 is 5.97 Å². The van der Waals surface area contributed by atoms with E-state index in [9.17, 15) is 4.79 Å². The van der Waals surface area contributed by atoms with E-state index in [1.165, 1.54) is 0 Å². The van der Waals surface area contributed by atoms with Gasteiger partial charge in [-0.05, 0) is 11.8 Å². The van der Waals surface area contributed by atoms with Gasteiger partial charge in [-0.1, -0.05) is 13.8 Å². The van der Waals surface area contributed by atoms with Gasteiger partial charge in [0.2, 0.25) is 0 Å². The maximum absolute atomic E-state index is 10.4. The molecule has 0 aromatic rings. The quantitative estimate of drug-likeness (QED) is 0.629. The molecule has 2 N–H and O–H groups in total. The van der Waals surface area contributed by atoms with Crippen molar-refractivity contribution < 1.29 is 9.90 Å². The normalized spacial score (nSPS) is 27.6. The second-order valence-electron chi connectivity index (χ2n) is 3.64. The van der Waals surface area contributed by atoms with Crippen LogP contribution < -0.4 is 5.32 Å². The third kappa shape index (κ3) is 2.67. The van der Waals surface area contributed by atoms with Gasteiger partial charge < -0.3 is 10.4 Å². The fraction of sp³-hybridized carbons (Fsp3) is 0.857. The summed E-state index contributed by atoms with van der Waals surface area (Å²) >= 11 is 0. The van der Waals surface area contributed by atoms with Gasteiger partial charge in [-0.15, -0.1) is 12.4 Å². The summed E-state index contributed by atoms with van der Waals surface area (Å²) in [6.45, 7) is 4.95. The highest BCUT2D eigenvalue weighted by Gasteiger charge is 2.34. The molecular weight excluding hydrogens is 166 g/mol. The summed E-state index contributed by atoms with van der Waals surface area (Å²) in [4.78, 5) is 10.4. The van der Waals surface area contributed by atoms with Crippen molar-refractivity contribution in [3.05, 3.63) is 0 Å². The van der Waals surface area contributed by atoms with Gasteiger partial charge in [-0.25, -0.2) is 0 Å². The molecule has 0 saturated carbocycles. The molecule has 0 spiro atoms. The smallest absolute Gasteiger partial charge is 0.320 e. The SMILES string of the molecule is CC1(C)CN[C@H](C(=O)O)C1.Cl. The van der Waals surface area contributed by atoms with Crippen LogP contribution in [0.15, 0.2) is 0 Å². The second kappa shape index (κ2) is 3.41. The highest BCUT2D eigenvalue weighted by molar-refractivity contribution is 5.85. The number of nitrogens with one attached hydrogen (secondary N) is 1. The average Bonchev–Trinajstić information content (AvgIpc) is 2.10. The minimum absolute atomic E-state index is 0. The Morgan fingerprint density at radius 1 is 1.64 bits per heavy atom. The van der Waals surface area contributed by atoms with E-state index in [4.69, 9.17) is 5.11 Å². The van der Waals surface area contributed by atoms with Crippen molar-refractivity contribution in [2.45, 2.75) is 26.3 Å². The minimum Gasteiger partial charge on any atom is -0.480 e. The molecule has 0 aromatic carbocycles. The lowest BCUT2D eigenvalue weighted by Gasteiger charge is -2.13. The Morgan fingerprint density at radius 2 is 2.18 bits per heavy atom. The van der Waals surface area contributed by atoms with E-state index < -0.39 is 5.97 Å². The summed E-state index contributed by atoms with van der Waals surface area (Å²) in [6, 6.07) is -0.324. The number of hydrogen-bond acceptors (Lipinski definition) is 2. The van der Waals surface area contributed by atoms with Crippen molar-refractivity contribution in [1.82, 2.24) is 5.32 Å². The molecule has 66 valence electrons.